The lowest BCUT2D eigenvalue weighted by Gasteiger charge is -2.05. The van der Waals surface area contributed by atoms with Gasteiger partial charge in [-0.2, -0.15) is 10.1 Å². The van der Waals surface area contributed by atoms with Crippen molar-refractivity contribution >= 4 is 23.3 Å². The van der Waals surface area contributed by atoms with Crippen molar-refractivity contribution in [3.05, 3.63) is 56.2 Å². The molecule has 0 atom stereocenters. The average molecular weight is 340 g/mol. The number of rotatable bonds is 4. The topological polar surface area (TPSA) is 86.2 Å². The van der Waals surface area contributed by atoms with Crippen molar-refractivity contribution in [2.24, 2.45) is 19.2 Å². The zero-order valence-corrected chi connectivity index (χ0v) is 14.6. The molecule has 130 valence electrons. The fourth-order valence-corrected chi connectivity index (χ4v) is 2.66. The molecule has 0 aliphatic carbocycles. The molecule has 1 N–H and O–H groups in total. The molecule has 0 unspecified atom stereocenters. The lowest BCUT2D eigenvalue weighted by atomic mass is 10.2. The van der Waals surface area contributed by atoms with Crippen LogP contribution < -0.4 is 16.7 Å². The van der Waals surface area contributed by atoms with Crippen LogP contribution in [0.2, 0.25) is 0 Å². The predicted octanol–water partition coefficient (Wildman–Crippen LogP) is 1.21. The smallest absolute Gasteiger partial charge is 0.303 e. The summed E-state index contributed by atoms with van der Waals surface area (Å²) in [4.78, 5) is 28.9. The SMILES string of the molecule is CCn1c(N/N=C\c2ccc(C)cc2)nc2c1c(=O)n(C)c(=O)n2C. The Balaban J connectivity index is 2.03. The number of fused-ring (bicyclic) bond motifs is 1. The maximum Gasteiger partial charge on any atom is 0.332 e. The number of aryl methyl sites for hydroxylation is 3. The van der Waals surface area contributed by atoms with Gasteiger partial charge in [-0.25, -0.2) is 10.2 Å². The van der Waals surface area contributed by atoms with Crippen LogP contribution in [0.5, 0.6) is 0 Å². The average Bonchev–Trinajstić information content (AvgIpc) is 2.98. The largest absolute Gasteiger partial charge is 0.332 e. The molecule has 0 amide bonds. The van der Waals surface area contributed by atoms with Crippen LogP contribution in [0.4, 0.5) is 5.95 Å². The summed E-state index contributed by atoms with van der Waals surface area (Å²) < 4.78 is 4.15. The molecule has 0 spiro atoms. The molecule has 3 aromatic rings. The molecule has 8 heteroatoms. The minimum absolute atomic E-state index is 0.336. The number of aromatic nitrogens is 4. The van der Waals surface area contributed by atoms with Crippen LogP contribution in [0.1, 0.15) is 18.1 Å². The van der Waals surface area contributed by atoms with E-state index in [1.165, 1.54) is 17.2 Å². The van der Waals surface area contributed by atoms with E-state index in [1.54, 1.807) is 17.8 Å². The minimum atomic E-state index is -0.409. The zero-order valence-electron chi connectivity index (χ0n) is 14.6. The third-order valence-electron chi connectivity index (χ3n) is 4.12. The Morgan fingerprint density at radius 3 is 2.48 bits per heavy atom. The Kier molecular flexibility index (Phi) is 4.26. The standard InChI is InChI=1S/C17H20N6O2/c1-5-23-13-14(21(3)17(25)22(4)15(13)24)19-16(23)20-18-10-12-8-6-11(2)7-9-12/h6-10H,5H2,1-4H3,(H,19,20)/b18-10-. The molecule has 0 aliphatic heterocycles. The lowest BCUT2D eigenvalue weighted by molar-refractivity contribution is 0.700. The number of anilines is 1. The first kappa shape index (κ1) is 16.7. The molecule has 1 aromatic carbocycles. The van der Waals surface area contributed by atoms with E-state index in [-0.39, 0.29) is 5.56 Å². The van der Waals surface area contributed by atoms with Crippen molar-refractivity contribution < 1.29 is 0 Å². The first-order valence-corrected chi connectivity index (χ1v) is 7.96. The molecule has 2 aromatic heterocycles. The van der Waals surface area contributed by atoms with Gasteiger partial charge in [0.2, 0.25) is 5.95 Å². The highest BCUT2D eigenvalue weighted by molar-refractivity contribution is 5.80. The Morgan fingerprint density at radius 1 is 1.16 bits per heavy atom. The van der Waals surface area contributed by atoms with Crippen LogP contribution in [0.15, 0.2) is 39.0 Å². The van der Waals surface area contributed by atoms with Crippen molar-refractivity contribution in [1.82, 2.24) is 18.7 Å². The van der Waals surface area contributed by atoms with Crippen LogP contribution in [0.3, 0.4) is 0 Å². The van der Waals surface area contributed by atoms with Crippen LogP contribution in [-0.4, -0.2) is 24.9 Å². The van der Waals surface area contributed by atoms with Crippen LogP contribution in [0.25, 0.3) is 11.2 Å². The monoisotopic (exact) mass is 340 g/mol. The summed E-state index contributed by atoms with van der Waals surface area (Å²) in [5, 5.41) is 4.20. The quantitative estimate of drug-likeness (QED) is 0.571. The van der Waals surface area contributed by atoms with E-state index in [4.69, 9.17) is 0 Å². The van der Waals surface area contributed by atoms with Crippen LogP contribution >= 0.6 is 0 Å². The van der Waals surface area contributed by atoms with Gasteiger partial charge in [-0.3, -0.25) is 13.9 Å². The van der Waals surface area contributed by atoms with E-state index in [9.17, 15) is 9.59 Å². The van der Waals surface area contributed by atoms with Crippen molar-refractivity contribution in [2.45, 2.75) is 20.4 Å². The van der Waals surface area contributed by atoms with Crippen molar-refractivity contribution in [1.29, 1.82) is 0 Å². The molecule has 0 saturated heterocycles. The number of imidazole rings is 1. The van der Waals surface area contributed by atoms with E-state index < -0.39 is 5.69 Å². The Bertz CT molecular complexity index is 1070. The fraction of sp³-hybridized carbons (Fsp3) is 0.294. The Morgan fingerprint density at radius 2 is 1.84 bits per heavy atom. The molecule has 0 fully saturated rings. The summed E-state index contributed by atoms with van der Waals surface area (Å²) in [6.07, 6.45) is 1.68. The highest BCUT2D eigenvalue weighted by Crippen LogP contribution is 2.15. The lowest BCUT2D eigenvalue weighted by Crippen LogP contribution is -2.37. The van der Waals surface area contributed by atoms with E-state index in [1.807, 2.05) is 38.1 Å². The van der Waals surface area contributed by atoms with Gasteiger partial charge in [0.1, 0.15) is 0 Å². The third-order valence-corrected chi connectivity index (χ3v) is 4.12. The van der Waals surface area contributed by atoms with E-state index in [2.05, 4.69) is 15.5 Å². The maximum absolute atomic E-state index is 12.4. The highest BCUT2D eigenvalue weighted by Gasteiger charge is 2.17. The molecule has 0 radical (unpaired) electrons. The first-order chi connectivity index (χ1) is 11.9. The molecule has 8 nitrogen and oxygen atoms in total. The molecular formula is C17H20N6O2. The van der Waals surface area contributed by atoms with Gasteiger partial charge in [-0.05, 0) is 19.4 Å². The van der Waals surface area contributed by atoms with Gasteiger partial charge in [0.15, 0.2) is 11.2 Å². The van der Waals surface area contributed by atoms with Crippen LogP contribution in [0, 0.1) is 6.92 Å². The number of hydrazone groups is 1. The summed E-state index contributed by atoms with van der Waals surface area (Å²) in [5.74, 6) is 0.416. The van der Waals surface area contributed by atoms with E-state index in [0.717, 1.165) is 10.1 Å². The molecular weight excluding hydrogens is 320 g/mol. The van der Waals surface area contributed by atoms with E-state index in [0.29, 0.717) is 23.7 Å². The summed E-state index contributed by atoms with van der Waals surface area (Å²) >= 11 is 0. The van der Waals surface area contributed by atoms with Gasteiger partial charge >= 0.3 is 5.69 Å². The second kappa shape index (κ2) is 6.39. The van der Waals surface area contributed by atoms with Gasteiger partial charge in [0, 0.05) is 20.6 Å². The van der Waals surface area contributed by atoms with Gasteiger partial charge in [0.05, 0.1) is 6.21 Å². The second-order valence-corrected chi connectivity index (χ2v) is 5.84. The molecule has 0 bridgehead atoms. The van der Waals surface area contributed by atoms with Gasteiger partial charge in [-0.1, -0.05) is 29.8 Å². The number of hydrogen-bond donors (Lipinski definition) is 1. The maximum atomic E-state index is 12.4. The normalized spacial score (nSPS) is 11.5. The van der Waals surface area contributed by atoms with Crippen molar-refractivity contribution in [3.63, 3.8) is 0 Å². The number of nitrogens with zero attached hydrogens (tertiary/aromatic N) is 5. The molecule has 2 heterocycles. The zero-order chi connectivity index (χ0) is 18.1. The van der Waals surface area contributed by atoms with Gasteiger partial charge in [0.25, 0.3) is 5.56 Å². The fourth-order valence-electron chi connectivity index (χ4n) is 2.66. The number of benzene rings is 1. The van der Waals surface area contributed by atoms with Crippen molar-refractivity contribution in [3.8, 4) is 0 Å². The predicted molar refractivity (Wildman–Crippen MR) is 98.3 cm³/mol. The number of nitrogens with one attached hydrogen (secondary N) is 1. The third kappa shape index (κ3) is 2.86. The summed E-state index contributed by atoms with van der Waals surface area (Å²) in [6, 6.07) is 7.93. The Labute approximate surface area is 144 Å². The summed E-state index contributed by atoms with van der Waals surface area (Å²) in [7, 11) is 3.05. The molecule has 0 saturated carbocycles. The molecule has 3 rings (SSSR count). The second-order valence-electron chi connectivity index (χ2n) is 5.84. The van der Waals surface area contributed by atoms with Crippen molar-refractivity contribution in [2.75, 3.05) is 5.43 Å². The van der Waals surface area contributed by atoms with Crippen LogP contribution in [-0.2, 0) is 20.6 Å². The highest BCUT2D eigenvalue weighted by atomic mass is 16.2. The molecule has 25 heavy (non-hydrogen) atoms. The Hall–Kier alpha value is -3.16. The van der Waals surface area contributed by atoms with Gasteiger partial charge < -0.3 is 4.57 Å². The minimum Gasteiger partial charge on any atom is -0.303 e. The molecule has 0 aliphatic rings. The number of hydrogen-bond acceptors (Lipinski definition) is 5. The van der Waals surface area contributed by atoms with Gasteiger partial charge in [-0.15, -0.1) is 0 Å². The van der Waals surface area contributed by atoms with E-state index >= 15 is 0 Å². The summed E-state index contributed by atoms with van der Waals surface area (Å²) in [6.45, 7) is 4.44. The first-order valence-electron chi connectivity index (χ1n) is 7.96. The summed E-state index contributed by atoms with van der Waals surface area (Å²) in [5.41, 5.74) is 4.92.